The lowest BCUT2D eigenvalue weighted by Gasteiger charge is -2.15. The molecule has 102 valence electrons. The fourth-order valence-electron chi connectivity index (χ4n) is 1.39. The molecule has 0 spiro atoms. The zero-order chi connectivity index (χ0) is 14.6. The van der Waals surface area contributed by atoms with Gasteiger partial charge in [-0.2, -0.15) is 9.57 Å². The first kappa shape index (κ1) is 14.9. The molecule has 0 amide bonds. The van der Waals surface area contributed by atoms with E-state index in [9.17, 15) is 18.5 Å². The van der Waals surface area contributed by atoms with Crippen LogP contribution in [0.1, 0.15) is 6.42 Å². The van der Waals surface area contributed by atoms with E-state index in [1.54, 1.807) is 0 Å². The van der Waals surface area contributed by atoms with Crippen LogP contribution in [-0.4, -0.2) is 31.2 Å². The highest BCUT2D eigenvalue weighted by molar-refractivity contribution is 7.89. The van der Waals surface area contributed by atoms with Gasteiger partial charge in [-0.25, -0.2) is 8.42 Å². The summed E-state index contributed by atoms with van der Waals surface area (Å²) in [5.74, 6) is 0. The molecule has 2 N–H and O–H groups in total. The topological polar surface area (TPSA) is 130 Å². The smallest absolute Gasteiger partial charge is 0.291 e. The lowest BCUT2D eigenvalue weighted by atomic mass is 10.3. The number of nitriles is 1. The van der Waals surface area contributed by atoms with Crippen molar-refractivity contribution in [2.45, 2.75) is 11.3 Å². The average Bonchev–Trinajstić information content (AvgIpc) is 2.35. The number of nitrogens with zero attached hydrogens (tertiary/aromatic N) is 3. The summed E-state index contributed by atoms with van der Waals surface area (Å²) in [6.45, 7) is -0.0413. The molecule has 8 nitrogen and oxygen atoms in total. The Morgan fingerprint density at radius 1 is 1.53 bits per heavy atom. The molecule has 9 heteroatoms. The first-order chi connectivity index (χ1) is 8.80. The van der Waals surface area contributed by atoms with Gasteiger partial charge in [-0.1, -0.05) is 0 Å². The van der Waals surface area contributed by atoms with E-state index in [2.05, 4.69) is 0 Å². The minimum absolute atomic E-state index is 0.00149. The van der Waals surface area contributed by atoms with Crippen LogP contribution >= 0.6 is 0 Å². The zero-order valence-electron chi connectivity index (χ0n) is 10.1. The van der Waals surface area contributed by atoms with E-state index >= 15 is 0 Å². The second-order valence-electron chi connectivity index (χ2n) is 3.72. The fraction of sp³-hybridized carbons (Fsp3) is 0.300. The van der Waals surface area contributed by atoms with Gasteiger partial charge >= 0.3 is 0 Å². The summed E-state index contributed by atoms with van der Waals surface area (Å²) in [5.41, 5.74) is 4.93. The minimum Gasteiger partial charge on any atom is -0.399 e. The lowest BCUT2D eigenvalue weighted by Crippen LogP contribution is -2.28. The van der Waals surface area contributed by atoms with Crippen molar-refractivity contribution in [1.29, 1.82) is 5.26 Å². The molecule has 1 rings (SSSR count). The van der Waals surface area contributed by atoms with E-state index < -0.39 is 25.5 Å². The molecule has 0 aliphatic carbocycles. The summed E-state index contributed by atoms with van der Waals surface area (Å²) in [5, 5.41) is 19.3. The molecular formula is C10H12N4O4S. The van der Waals surface area contributed by atoms with E-state index in [0.717, 1.165) is 16.4 Å². The summed E-state index contributed by atoms with van der Waals surface area (Å²) >= 11 is 0. The van der Waals surface area contributed by atoms with Gasteiger partial charge < -0.3 is 5.73 Å². The van der Waals surface area contributed by atoms with Gasteiger partial charge in [-0.05, 0) is 12.1 Å². The summed E-state index contributed by atoms with van der Waals surface area (Å²) in [6.07, 6.45) is -0.00149. The third-order valence-electron chi connectivity index (χ3n) is 2.41. The van der Waals surface area contributed by atoms with Crippen LogP contribution in [0.25, 0.3) is 0 Å². The van der Waals surface area contributed by atoms with Gasteiger partial charge in [-0.3, -0.25) is 10.1 Å². The Balaban J connectivity index is 3.29. The number of nitro groups is 1. The predicted octanol–water partition coefficient (Wildman–Crippen LogP) is 0.711. The molecule has 0 aromatic heterocycles. The second-order valence-corrected chi connectivity index (χ2v) is 5.73. The van der Waals surface area contributed by atoms with E-state index in [1.807, 2.05) is 6.07 Å². The highest BCUT2D eigenvalue weighted by Gasteiger charge is 2.29. The van der Waals surface area contributed by atoms with Crippen molar-refractivity contribution in [3.8, 4) is 6.07 Å². The van der Waals surface area contributed by atoms with Gasteiger partial charge in [0.15, 0.2) is 4.90 Å². The first-order valence-electron chi connectivity index (χ1n) is 5.18. The number of rotatable bonds is 5. The van der Waals surface area contributed by atoms with E-state index in [-0.39, 0.29) is 18.7 Å². The number of nitrogen functional groups attached to an aromatic ring is 1. The van der Waals surface area contributed by atoms with Crippen molar-refractivity contribution >= 4 is 21.4 Å². The largest absolute Gasteiger partial charge is 0.399 e. The third-order valence-corrected chi connectivity index (χ3v) is 4.31. The quantitative estimate of drug-likeness (QED) is 0.481. The molecule has 0 bridgehead atoms. The number of sulfonamides is 1. The van der Waals surface area contributed by atoms with Crippen LogP contribution in [0.5, 0.6) is 0 Å². The second kappa shape index (κ2) is 5.64. The van der Waals surface area contributed by atoms with E-state index in [1.165, 1.54) is 13.1 Å². The van der Waals surface area contributed by atoms with Gasteiger partial charge in [-0.15, -0.1) is 0 Å². The first-order valence-corrected chi connectivity index (χ1v) is 6.62. The monoisotopic (exact) mass is 284 g/mol. The van der Waals surface area contributed by atoms with Crippen LogP contribution in [0.2, 0.25) is 0 Å². The van der Waals surface area contributed by atoms with Crippen molar-refractivity contribution < 1.29 is 13.3 Å². The Kier molecular flexibility index (Phi) is 4.42. The molecule has 1 aromatic carbocycles. The van der Waals surface area contributed by atoms with Crippen molar-refractivity contribution in [2.75, 3.05) is 19.3 Å². The van der Waals surface area contributed by atoms with Gasteiger partial charge in [0.05, 0.1) is 11.0 Å². The molecule has 1 aromatic rings. The zero-order valence-corrected chi connectivity index (χ0v) is 10.9. The molecule has 0 saturated carbocycles. The average molecular weight is 284 g/mol. The Morgan fingerprint density at radius 3 is 2.68 bits per heavy atom. The van der Waals surface area contributed by atoms with Gasteiger partial charge in [0.1, 0.15) is 0 Å². The number of nitrogens with two attached hydrogens (primary N) is 1. The van der Waals surface area contributed by atoms with Crippen molar-refractivity contribution in [3.05, 3.63) is 28.3 Å². The van der Waals surface area contributed by atoms with E-state index in [4.69, 9.17) is 11.0 Å². The number of hydrogen-bond donors (Lipinski definition) is 1. The predicted molar refractivity (Wildman–Crippen MR) is 67.6 cm³/mol. The Bertz CT molecular complexity index is 635. The molecule has 0 atom stereocenters. The SMILES string of the molecule is CN(CCC#N)S(=O)(=O)c1ccc(N)cc1[N+](=O)[O-]. The molecule has 0 saturated heterocycles. The number of nitro benzene ring substituents is 1. The standard InChI is InChI=1S/C10H12N4O4S/c1-13(6-2-5-11)19(17,18)10-4-3-8(12)7-9(10)14(15)16/h3-4,7H,2,6,12H2,1H3. The van der Waals surface area contributed by atoms with Gasteiger partial charge in [0.2, 0.25) is 10.0 Å². The summed E-state index contributed by atoms with van der Waals surface area (Å²) in [4.78, 5) is 9.63. The molecular weight excluding hydrogens is 272 g/mol. The molecule has 0 aliphatic rings. The molecule has 0 heterocycles. The maximum absolute atomic E-state index is 12.1. The lowest BCUT2D eigenvalue weighted by molar-refractivity contribution is -0.387. The van der Waals surface area contributed by atoms with Gasteiger partial charge in [0, 0.05) is 31.8 Å². The normalized spacial score (nSPS) is 11.2. The van der Waals surface area contributed by atoms with Crippen molar-refractivity contribution in [2.24, 2.45) is 0 Å². The molecule has 0 unspecified atom stereocenters. The van der Waals surface area contributed by atoms with Crippen molar-refractivity contribution in [1.82, 2.24) is 4.31 Å². The number of hydrogen-bond acceptors (Lipinski definition) is 6. The Hall–Kier alpha value is -2.18. The van der Waals surface area contributed by atoms with Crippen molar-refractivity contribution in [3.63, 3.8) is 0 Å². The maximum atomic E-state index is 12.1. The Labute approximate surface area is 110 Å². The molecule has 0 fully saturated rings. The highest BCUT2D eigenvalue weighted by atomic mass is 32.2. The Morgan fingerprint density at radius 2 is 2.16 bits per heavy atom. The fourth-order valence-corrected chi connectivity index (χ4v) is 2.70. The van der Waals surface area contributed by atoms with Gasteiger partial charge in [0.25, 0.3) is 5.69 Å². The highest BCUT2D eigenvalue weighted by Crippen LogP contribution is 2.28. The molecule has 0 aliphatic heterocycles. The van der Waals surface area contributed by atoms with Crippen LogP contribution in [0, 0.1) is 21.4 Å². The summed E-state index contributed by atoms with van der Waals surface area (Å²) in [7, 11) is -2.76. The maximum Gasteiger partial charge on any atom is 0.291 e. The van der Waals surface area contributed by atoms with Crippen LogP contribution in [-0.2, 0) is 10.0 Å². The number of benzene rings is 1. The van der Waals surface area contributed by atoms with Crippen LogP contribution < -0.4 is 5.73 Å². The van der Waals surface area contributed by atoms with E-state index in [0.29, 0.717) is 0 Å². The molecule has 0 radical (unpaired) electrons. The van der Waals surface area contributed by atoms with Crippen LogP contribution in [0.3, 0.4) is 0 Å². The van der Waals surface area contributed by atoms with Crippen LogP contribution in [0.4, 0.5) is 11.4 Å². The minimum atomic E-state index is -4.02. The molecule has 19 heavy (non-hydrogen) atoms. The summed E-state index contributed by atoms with van der Waals surface area (Å²) in [6, 6.07) is 5.16. The third kappa shape index (κ3) is 3.18. The summed E-state index contributed by atoms with van der Waals surface area (Å²) < 4.78 is 25.2. The van der Waals surface area contributed by atoms with Crippen LogP contribution in [0.15, 0.2) is 23.1 Å². The number of anilines is 1.